The van der Waals surface area contributed by atoms with Crippen molar-refractivity contribution in [3.63, 3.8) is 0 Å². The highest BCUT2D eigenvalue weighted by molar-refractivity contribution is 5.79. The minimum Gasteiger partial charge on any atom is -0.394 e. The van der Waals surface area contributed by atoms with E-state index >= 15 is 0 Å². The Balaban J connectivity index is 1.32. The van der Waals surface area contributed by atoms with Crippen molar-refractivity contribution < 1.29 is 146 Å². The van der Waals surface area contributed by atoms with Gasteiger partial charge < -0.3 is 154 Å². The summed E-state index contributed by atoms with van der Waals surface area (Å²) in [6, 6.07) is -3.19. The van der Waals surface area contributed by atoms with Crippen LogP contribution in [0.1, 0.15) is 59.3 Å². The van der Waals surface area contributed by atoms with Crippen LogP contribution in [0.25, 0.3) is 0 Å². The Morgan fingerprint density at radius 1 is 0.365 bits per heavy atom. The zero-order valence-corrected chi connectivity index (χ0v) is 55.6. The zero-order valence-electron chi connectivity index (χ0n) is 55.6. The average molecular weight is 1400 g/mol. The van der Waals surface area contributed by atoms with Gasteiger partial charge in [0, 0.05) is 65.2 Å². The van der Waals surface area contributed by atoms with Gasteiger partial charge in [0.25, 0.3) is 0 Å². The smallest absolute Gasteiger partial charge is 0.221 e. The predicted molar refractivity (Wildman–Crippen MR) is 330 cm³/mol. The lowest BCUT2D eigenvalue weighted by molar-refractivity contribution is -0.272. The quantitative estimate of drug-likeness (QED) is 0.0252. The summed E-state index contributed by atoms with van der Waals surface area (Å²) < 4.78 is 83.4. The molecule has 0 aromatic rings. The Hall–Kier alpha value is -4.18. The van der Waals surface area contributed by atoms with Gasteiger partial charge in [-0.05, 0) is 26.3 Å². The standard InChI is InChI=1S/C59H109N7O30/c1-38(70)64-47-53(79)50(76)41(35-67)94-56(47)91-31-28-88-25-22-85-19-16-82-13-10-61-44(73)6-5-8-59(60-4,34-46(75)63-12-15-84-18-21-87-24-27-90-30-33-93-58-49(66-40(3)72)55(81)52(78)43(37-69)96-58)9-7-45(74)62-11-14-83-17-20-86-23-26-89-29-32-92-57-48(65-39(2)71)54(80)51(77)42(36-68)95-57/h41-43,47-58,60,67-69,76-81H,5-37H2,1-4H3,(H,61,73)(H,62,74)(H,63,75)(H,64,70)(H,65,71)(H,66,72). The highest BCUT2D eigenvalue weighted by Gasteiger charge is 2.48. The summed E-state index contributed by atoms with van der Waals surface area (Å²) in [5.41, 5.74) is -0.869. The molecule has 560 valence electrons. The maximum absolute atomic E-state index is 13.4. The fourth-order valence-corrected chi connectivity index (χ4v) is 10.0. The van der Waals surface area contributed by atoms with Crippen LogP contribution in [0.15, 0.2) is 0 Å². The first-order chi connectivity index (χ1) is 46.2. The van der Waals surface area contributed by atoms with E-state index in [0.717, 1.165) is 0 Å². The van der Waals surface area contributed by atoms with Gasteiger partial charge in [-0.3, -0.25) is 28.8 Å². The first kappa shape index (κ1) is 86.0. The van der Waals surface area contributed by atoms with Gasteiger partial charge in [-0.2, -0.15) is 0 Å². The fourth-order valence-electron chi connectivity index (χ4n) is 10.0. The van der Waals surface area contributed by atoms with E-state index in [1.165, 1.54) is 20.8 Å². The third-order valence-corrected chi connectivity index (χ3v) is 15.1. The molecule has 3 saturated heterocycles. The van der Waals surface area contributed by atoms with Crippen molar-refractivity contribution in [3.8, 4) is 0 Å². The van der Waals surface area contributed by atoms with Crippen molar-refractivity contribution in [1.29, 1.82) is 0 Å². The van der Waals surface area contributed by atoms with Crippen molar-refractivity contribution in [3.05, 3.63) is 0 Å². The van der Waals surface area contributed by atoms with Gasteiger partial charge in [-0.25, -0.2) is 0 Å². The number of ether oxygens (including phenoxy) is 15. The van der Waals surface area contributed by atoms with Crippen molar-refractivity contribution >= 4 is 35.4 Å². The Bertz CT molecular complexity index is 2120. The number of carbonyl (C=O) groups excluding carboxylic acids is 6. The number of aliphatic hydroxyl groups is 9. The number of aliphatic hydroxyl groups excluding tert-OH is 9. The van der Waals surface area contributed by atoms with Crippen LogP contribution in [0.3, 0.4) is 0 Å². The van der Waals surface area contributed by atoms with Gasteiger partial charge in [0.15, 0.2) is 18.9 Å². The molecule has 0 aromatic heterocycles. The van der Waals surface area contributed by atoms with Gasteiger partial charge in [0.05, 0.1) is 159 Å². The summed E-state index contributed by atoms with van der Waals surface area (Å²) in [4.78, 5) is 74.3. The molecule has 16 atom stereocenters. The molecule has 3 aliphatic rings. The lowest BCUT2D eigenvalue weighted by Crippen LogP contribution is -2.64. The molecular weight excluding hydrogens is 1290 g/mol. The maximum Gasteiger partial charge on any atom is 0.221 e. The van der Waals surface area contributed by atoms with Crippen LogP contribution in [0, 0.1) is 0 Å². The van der Waals surface area contributed by atoms with Crippen LogP contribution in [0.2, 0.25) is 0 Å². The molecule has 0 aromatic carbocycles. The predicted octanol–water partition coefficient (Wildman–Crippen LogP) is -8.34. The minimum atomic E-state index is -1.43. The van der Waals surface area contributed by atoms with Crippen molar-refractivity contribution in [2.45, 2.75) is 157 Å². The molecule has 0 aliphatic carbocycles. The highest BCUT2D eigenvalue weighted by atomic mass is 16.7. The van der Waals surface area contributed by atoms with Crippen molar-refractivity contribution in [2.24, 2.45) is 0 Å². The summed E-state index contributed by atoms with van der Waals surface area (Å²) in [5, 5.41) is 109. The summed E-state index contributed by atoms with van der Waals surface area (Å²) >= 11 is 0. The van der Waals surface area contributed by atoms with Crippen LogP contribution in [0.4, 0.5) is 0 Å². The molecule has 16 unspecified atom stereocenters. The molecule has 3 heterocycles. The Morgan fingerprint density at radius 3 is 0.917 bits per heavy atom. The van der Waals surface area contributed by atoms with Crippen LogP contribution in [-0.2, 0) is 99.8 Å². The molecular formula is C59H109N7O30. The lowest BCUT2D eigenvalue weighted by atomic mass is 9.84. The number of hydrogen-bond acceptors (Lipinski definition) is 31. The summed E-state index contributed by atoms with van der Waals surface area (Å²) in [5.74, 6) is -2.22. The van der Waals surface area contributed by atoms with Gasteiger partial charge in [0.2, 0.25) is 35.4 Å². The monoisotopic (exact) mass is 1400 g/mol. The number of rotatable bonds is 55. The summed E-state index contributed by atoms with van der Waals surface area (Å²) in [6.45, 7) is 6.43. The van der Waals surface area contributed by atoms with Gasteiger partial charge >= 0.3 is 0 Å². The molecule has 0 spiro atoms. The molecule has 6 amide bonds. The van der Waals surface area contributed by atoms with Gasteiger partial charge in [-0.15, -0.1) is 0 Å². The van der Waals surface area contributed by atoms with Crippen molar-refractivity contribution in [2.75, 3.05) is 185 Å². The van der Waals surface area contributed by atoms with E-state index in [0.29, 0.717) is 12.8 Å². The summed E-state index contributed by atoms with van der Waals surface area (Å²) in [7, 11) is 1.69. The first-order valence-corrected chi connectivity index (χ1v) is 32.4. The Labute approximate surface area is 559 Å². The fraction of sp³-hybridized carbons (Fsp3) is 0.898. The summed E-state index contributed by atoms with van der Waals surface area (Å²) in [6.07, 6.45) is -14.1. The molecule has 3 rings (SSSR count). The van der Waals surface area contributed by atoms with Crippen LogP contribution in [-0.4, -0.2) is 364 Å². The number of carbonyl (C=O) groups is 6. The molecule has 16 N–H and O–H groups in total. The topological polar surface area (TPSA) is 507 Å². The third-order valence-electron chi connectivity index (χ3n) is 15.1. The van der Waals surface area contributed by atoms with Crippen LogP contribution < -0.4 is 37.2 Å². The van der Waals surface area contributed by atoms with Crippen molar-refractivity contribution in [1.82, 2.24) is 37.2 Å². The zero-order chi connectivity index (χ0) is 70.5. The lowest BCUT2D eigenvalue weighted by Gasteiger charge is -2.42. The number of nitrogens with one attached hydrogen (secondary N) is 7. The van der Waals surface area contributed by atoms with E-state index in [1.807, 2.05) is 0 Å². The molecule has 96 heavy (non-hydrogen) atoms. The normalized spacial score (nSPS) is 26.5. The molecule has 37 heteroatoms. The van der Waals surface area contributed by atoms with Gasteiger partial charge in [-0.1, -0.05) is 0 Å². The number of amides is 6. The molecule has 37 nitrogen and oxygen atoms in total. The minimum absolute atomic E-state index is 0.0108. The Morgan fingerprint density at radius 2 is 0.635 bits per heavy atom. The molecule has 3 fully saturated rings. The van der Waals surface area contributed by atoms with Crippen LogP contribution >= 0.6 is 0 Å². The SMILES string of the molecule is CNC(CCCC(=O)NCCOCCOCCOCCOC1OC(CO)C(O)C(O)C1NC(C)=O)(CCC(=O)NCCOCCOCCOCCOC1OC(CO)C(O)C(O)C1NC(C)=O)CC(=O)NCCOCCOCCOCCOC1OC(CO)C(O)C(O)C1NC(C)=O. The van der Waals surface area contributed by atoms with E-state index in [1.54, 1.807) is 7.05 Å². The molecule has 3 aliphatic heterocycles. The largest absolute Gasteiger partial charge is 0.394 e. The second-order valence-electron chi connectivity index (χ2n) is 22.5. The Kier molecular flexibility index (Phi) is 45.7. The van der Waals surface area contributed by atoms with Crippen LogP contribution in [0.5, 0.6) is 0 Å². The molecule has 0 saturated carbocycles. The second kappa shape index (κ2) is 51.0. The van der Waals surface area contributed by atoms with Gasteiger partial charge in [0.1, 0.15) is 73.1 Å². The van der Waals surface area contributed by atoms with E-state index in [-0.39, 0.29) is 202 Å². The highest BCUT2D eigenvalue weighted by Crippen LogP contribution is 2.27. The van der Waals surface area contributed by atoms with E-state index in [4.69, 9.17) is 71.1 Å². The van der Waals surface area contributed by atoms with E-state index in [2.05, 4.69) is 37.2 Å². The van der Waals surface area contributed by atoms with E-state index in [9.17, 15) is 74.7 Å². The average Bonchev–Trinajstić information content (AvgIpc) is 0.841. The second-order valence-corrected chi connectivity index (χ2v) is 22.5. The molecule has 0 radical (unpaired) electrons. The first-order valence-electron chi connectivity index (χ1n) is 32.4. The third kappa shape index (κ3) is 34.7. The van der Waals surface area contributed by atoms with E-state index < -0.39 is 135 Å². The number of hydrogen-bond donors (Lipinski definition) is 16. The maximum atomic E-state index is 13.4. The molecule has 0 bridgehead atoms.